The first-order valence-corrected chi connectivity index (χ1v) is 3.72. The first-order valence-electron chi connectivity index (χ1n) is 3.72. The van der Waals surface area contributed by atoms with E-state index in [2.05, 4.69) is 5.32 Å². The molecule has 4 heteroatoms. The molecule has 0 fully saturated rings. The summed E-state index contributed by atoms with van der Waals surface area (Å²) in [6, 6.07) is 0.0959. The minimum atomic E-state index is -0.214. The Morgan fingerprint density at radius 2 is 2.00 bits per heavy atom. The van der Waals surface area contributed by atoms with Crippen molar-refractivity contribution in [1.82, 2.24) is 5.32 Å². The molecule has 4 nitrogen and oxygen atoms in total. The molecule has 5 N–H and O–H groups in total. The van der Waals surface area contributed by atoms with Gasteiger partial charge in [-0.05, 0) is 26.1 Å². The van der Waals surface area contributed by atoms with E-state index >= 15 is 0 Å². The molecule has 0 spiro atoms. The molecule has 0 unspecified atom stereocenters. The molecule has 0 aliphatic carbocycles. The van der Waals surface area contributed by atoms with Gasteiger partial charge in [-0.2, -0.15) is 0 Å². The molecule has 0 saturated heterocycles. The van der Waals surface area contributed by atoms with Crippen molar-refractivity contribution in [2.45, 2.75) is 19.9 Å². The largest absolute Gasteiger partial charge is 0.405 e. The lowest BCUT2D eigenvalue weighted by atomic mass is 10.2. The van der Waals surface area contributed by atoms with Crippen LogP contribution >= 0.6 is 0 Å². The maximum atomic E-state index is 11.2. The average molecular weight is 169 g/mol. The monoisotopic (exact) mass is 169 g/mol. The second kappa shape index (κ2) is 5.23. The van der Waals surface area contributed by atoms with Crippen LogP contribution in [0, 0.1) is 0 Å². The van der Waals surface area contributed by atoms with E-state index in [0.29, 0.717) is 5.57 Å². The molecule has 0 aromatic carbocycles. The molecule has 0 aliphatic heterocycles. The highest BCUT2D eigenvalue weighted by Gasteiger charge is 2.05. The van der Waals surface area contributed by atoms with Crippen LogP contribution in [0.5, 0.6) is 0 Å². The van der Waals surface area contributed by atoms with Crippen LogP contribution in [0.3, 0.4) is 0 Å². The van der Waals surface area contributed by atoms with E-state index in [1.54, 1.807) is 0 Å². The zero-order valence-corrected chi connectivity index (χ0v) is 7.37. The smallest absolute Gasteiger partial charge is 0.252 e. The highest BCUT2D eigenvalue weighted by Crippen LogP contribution is 1.94. The molecule has 68 valence electrons. The fraction of sp³-hybridized carbons (Fsp3) is 0.375. The van der Waals surface area contributed by atoms with Crippen LogP contribution in [0.15, 0.2) is 24.0 Å². The predicted molar refractivity (Wildman–Crippen MR) is 48.9 cm³/mol. The lowest BCUT2D eigenvalue weighted by Crippen LogP contribution is -2.31. The van der Waals surface area contributed by atoms with Crippen molar-refractivity contribution >= 4 is 5.91 Å². The van der Waals surface area contributed by atoms with Crippen molar-refractivity contribution < 1.29 is 4.79 Å². The number of hydrogen-bond donors (Lipinski definition) is 3. The van der Waals surface area contributed by atoms with Crippen molar-refractivity contribution in [3.8, 4) is 0 Å². The Balaban J connectivity index is 4.24. The molecule has 1 amide bonds. The quantitative estimate of drug-likeness (QED) is 0.405. The van der Waals surface area contributed by atoms with Gasteiger partial charge in [-0.15, -0.1) is 0 Å². The third-order valence-electron chi connectivity index (χ3n) is 1.14. The summed E-state index contributed by atoms with van der Waals surface area (Å²) in [7, 11) is 0. The van der Waals surface area contributed by atoms with Gasteiger partial charge < -0.3 is 16.8 Å². The molecule has 0 rings (SSSR count). The number of carbonyl (C=O) groups is 1. The van der Waals surface area contributed by atoms with Crippen LogP contribution in [0.25, 0.3) is 0 Å². The number of carbonyl (C=O) groups excluding carboxylic acids is 1. The summed E-state index contributed by atoms with van der Waals surface area (Å²) in [5.74, 6) is -0.214. The highest BCUT2D eigenvalue weighted by molar-refractivity contribution is 5.96. The zero-order chi connectivity index (χ0) is 9.56. The predicted octanol–water partition coefficient (Wildman–Crippen LogP) is -0.174. The minimum Gasteiger partial charge on any atom is -0.405 e. The van der Waals surface area contributed by atoms with Gasteiger partial charge in [-0.1, -0.05) is 0 Å². The highest BCUT2D eigenvalue weighted by atomic mass is 16.1. The Morgan fingerprint density at radius 3 is 2.33 bits per heavy atom. The Morgan fingerprint density at radius 1 is 1.42 bits per heavy atom. The lowest BCUT2D eigenvalue weighted by Gasteiger charge is -2.07. The maximum Gasteiger partial charge on any atom is 0.252 e. The van der Waals surface area contributed by atoms with Gasteiger partial charge in [0.25, 0.3) is 5.91 Å². The molecule has 0 aromatic heterocycles. The van der Waals surface area contributed by atoms with Crippen LogP contribution < -0.4 is 16.8 Å². The van der Waals surface area contributed by atoms with Crippen molar-refractivity contribution in [1.29, 1.82) is 0 Å². The summed E-state index contributed by atoms with van der Waals surface area (Å²) in [6.07, 6.45) is 3.96. The van der Waals surface area contributed by atoms with Gasteiger partial charge in [-0.25, -0.2) is 0 Å². The fourth-order valence-electron chi connectivity index (χ4n) is 0.656. The van der Waals surface area contributed by atoms with Crippen molar-refractivity contribution in [2.75, 3.05) is 0 Å². The minimum absolute atomic E-state index is 0.0959. The second-order valence-corrected chi connectivity index (χ2v) is 2.61. The summed E-state index contributed by atoms with van der Waals surface area (Å²) in [5, 5.41) is 2.68. The van der Waals surface area contributed by atoms with E-state index in [9.17, 15) is 4.79 Å². The van der Waals surface area contributed by atoms with E-state index < -0.39 is 0 Å². The SMILES string of the molecule is CC(C)NC(=O)C(/C=C\N)=C/N. The molecule has 0 heterocycles. The Hall–Kier alpha value is -1.45. The molecule has 0 bridgehead atoms. The van der Waals surface area contributed by atoms with E-state index in [-0.39, 0.29) is 11.9 Å². The van der Waals surface area contributed by atoms with Crippen molar-refractivity contribution in [3.05, 3.63) is 24.0 Å². The van der Waals surface area contributed by atoms with Crippen LogP contribution in [0.1, 0.15) is 13.8 Å². The van der Waals surface area contributed by atoms with E-state index in [0.717, 1.165) is 0 Å². The van der Waals surface area contributed by atoms with Gasteiger partial charge in [0.05, 0.1) is 5.57 Å². The van der Waals surface area contributed by atoms with E-state index in [4.69, 9.17) is 11.5 Å². The Kier molecular flexibility index (Phi) is 4.60. The van der Waals surface area contributed by atoms with E-state index in [1.807, 2.05) is 13.8 Å². The number of nitrogens with two attached hydrogens (primary N) is 2. The molecule has 0 aliphatic rings. The first-order chi connectivity index (χ1) is 5.61. The van der Waals surface area contributed by atoms with Gasteiger partial charge in [0.2, 0.25) is 0 Å². The molecule has 0 atom stereocenters. The number of hydrogen-bond acceptors (Lipinski definition) is 3. The molecule has 0 saturated carbocycles. The first kappa shape index (κ1) is 10.6. The summed E-state index contributed by atoms with van der Waals surface area (Å²) in [4.78, 5) is 11.2. The van der Waals surface area contributed by atoms with Gasteiger partial charge in [-0.3, -0.25) is 4.79 Å². The zero-order valence-electron chi connectivity index (χ0n) is 7.37. The van der Waals surface area contributed by atoms with Gasteiger partial charge in [0, 0.05) is 12.2 Å². The molecule has 0 aromatic rings. The standard InChI is InChI=1S/C8H15N3O/c1-6(2)11-8(12)7(5-10)3-4-9/h3-6H,9-10H2,1-2H3,(H,11,12)/b4-3-,7-5+. The molecular formula is C8H15N3O. The van der Waals surface area contributed by atoms with Crippen LogP contribution in [0.2, 0.25) is 0 Å². The van der Waals surface area contributed by atoms with Gasteiger partial charge >= 0.3 is 0 Å². The van der Waals surface area contributed by atoms with E-state index in [1.165, 1.54) is 18.5 Å². The number of nitrogens with one attached hydrogen (secondary N) is 1. The molecular weight excluding hydrogens is 154 g/mol. The van der Waals surface area contributed by atoms with Gasteiger partial charge in [0.1, 0.15) is 0 Å². The number of amides is 1. The Bertz CT molecular complexity index is 206. The summed E-state index contributed by atoms with van der Waals surface area (Å²) >= 11 is 0. The van der Waals surface area contributed by atoms with Crippen LogP contribution in [-0.2, 0) is 4.79 Å². The topological polar surface area (TPSA) is 81.1 Å². The second-order valence-electron chi connectivity index (χ2n) is 2.61. The Labute approximate surface area is 72.3 Å². The third kappa shape index (κ3) is 3.65. The van der Waals surface area contributed by atoms with Crippen LogP contribution in [0.4, 0.5) is 0 Å². The summed E-state index contributed by atoms with van der Waals surface area (Å²) < 4.78 is 0. The average Bonchev–Trinajstić information content (AvgIpc) is 1.98. The third-order valence-corrected chi connectivity index (χ3v) is 1.14. The van der Waals surface area contributed by atoms with Gasteiger partial charge in [0.15, 0.2) is 0 Å². The summed E-state index contributed by atoms with van der Waals surface area (Å²) in [5.41, 5.74) is 10.7. The maximum absolute atomic E-state index is 11.2. The summed E-state index contributed by atoms with van der Waals surface area (Å²) in [6.45, 7) is 3.75. The molecule has 12 heavy (non-hydrogen) atoms. The van der Waals surface area contributed by atoms with Crippen molar-refractivity contribution in [3.63, 3.8) is 0 Å². The lowest BCUT2D eigenvalue weighted by molar-refractivity contribution is -0.117. The fourth-order valence-corrected chi connectivity index (χ4v) is 0.656. The van der Waals surface area contributed by atoms with Crippen molar-refractivity contribution in [2.24, 2.45) is 11.5 Å². The number of rotatable bonds is 3. The van der Waals surface area contributed by atoms with Crippen LogP contribution in [-0.4, -0.2) is 11.9 Å². The normalized spacial score (nSPS) is 12.4. The molecule has 0 radical (unpaired) electrons.